The summed E-state index contributed by atoms with van der Waals surface area (Å²) in [6.07, 6.45) is 3.09. The zero-order chi connectivity index (χ0) is 17.3. The van der Waals surface area contributed by atoms with E-state index in [4.69, 9.17) is 4.84 Å². The Morgan fingerprint density at radius 3 is 2.08 bits per heavy atom. The Labute approximate surface area is 137 Å². The number of likely N-dealkylation sites (tertiary alicyclic amines) is 1. The van der Waals surface area contributed by atoms with E-state index in [0.717, 1.165) is 0 Å². The molecule has 0 aromatic rings. The highest BCUT2D eigenvalue weighted by molar-refractivity contribution is 6.12. The maximum Gasteiger partial charge on any atom is 0.434 e. The van der Waals surface area contributed by atoms with Crippen LogP contribution >= 0.6 is 0 Å². The first-order chi connectivity index (χ1) is 11.5. The summed E-state index contributed by atoms with van der Waals surface area (Å²) in [5, 5.41) is 0.529. The van der Waals surface area contributed by atoms with E-state index in [1.54, 1.807) is 0 Å². The van der Waals surface area contributed by atoms with Crippen molar-refractivity contribution in [3.8, 4) is 0 Å². The maximum atomic E-state index is 12.0. The van der Waals surface area contributed by atoms with Gasteiger partial charge in [0, 0.05) is 44.6 Å². The summed E-state index contributed by atoms with van der Waals surface area (Å²) in [6.45, 7) is 1.09. The third kappa shape index (κ3) is 3.15. The predicted molar refractivity (Wildman–Crippen MR) is 77.7 cm³/mol. The molecule has 0 radical (unpaired) electrons. The molecule has 24 heavy (non-hydrogen) atoms. The van der Waals surface area contributed by atoms with Crippen LogP contribution in [0.4, 0.5) is 4.79 Å². The highest BCUT2D eigenvalue weighted by atomic mass is 16.7. The van der Waals surface area contributed by atoms with Crippen LogP contribution < -0.4 is 0 Å². The number of rotatable bonds is 3. The first-order valence-corrected chi connectivity index (χ1v) is 7.82. The third-order valence-corrected chi connectivity index (χ3v) is 4.39. The Balaban J connectivity index is 1.47. The lowest BCUT2D eigenvalue weighted by atomic mass is 9.96. The molecule has 3 aliphatic heterocycles. The molecule has 0 saturated carbocycles. The van der Waals surface area contributed by atoms with Crippen molar-refractivity contribution >= 4 is 29.7 Å². The van der Waals surface area contributed by atoms with Gasteiger partial charge in [-0.2, -0.15) is 0 Å². The predicted octanol–water partition coefficient (Wildman–Crippen LogP) is -0.176. The number of hydroxylamine groups is 2. The fraction of sp³-hybridized carbons (Fsp3) is 0.533. The van der Waals surface area contributed by atoms with Crippen LogP contribution in [0.5, 0.6) is 0 Å². The Morgan fingerprint density at radius 1 is 1.00 bits per heavy atom. The highest BCUT2D eigenvalue weighted by Gasteiger charge is 2.35. The van der Waals surface area contributed by atoms with Crippen molar-refractivity contribution < 1.29 is 28.8 Å². The van der Waals surface area contributed by atoms with Crippen LogP contribution in [0.3, 0.4) is 0 Å². The Hall–Kier alpha value is -2.71. The van der Waals surface area contributed by atoms with Gasteiger partial charge in [-0.1, -0.05) is 0 Å². The normalized spacial score (nSPS) is 22.1. The van der Waals surface area contributed by atoms with E-state index in [0.29, 0.717) is 37.5 Å². The first kappa shape index (κ1) is 16.2. The number of carbonyl (C=O) groups excluding carboxylic acids is 5. The lowest BCUT2D eigenvalue weighted by molar-refractivity contribution is -0.174. The van der Waals surface area contributed by atoms with Gasteiger partial charge in [0.2, 0.25) is 0 Å². The molecule has 2 saturated heterocycles. The fourth-order valence-electron chi connectivity index (χ4n) is 2.96. The summed E-state index contributed by atoms with van der Waals surface area (Å²) < 4.78 is 0. The second-order valence-electron chi connectivity index (χ2n) is 5.99. The number of piperidine rings is 1. The largest absolute Gasteiger partial charge is 0.434 e. The van der Waals surface area contributed by atoms with E-state index >= 15 is 0 Å². The molecule has 0 bridgehead atoms. The first-order valence-electron chi connectivity index (χ1n) is 7.82. The summed E-state index contributed by atoms with van der Waals surface area (Å²) in [5.74, 6) is -1.54. The van der Waals surface area contributed by atoms with Gasteiger partial charge in [-0.3, -0.25) is 24.1 Å². The van der Waals surface area contributed by atoms with Crippen LogP contribution in [0.15, 0.2) is 12.2 Å². The van der Waals surface area contributed by atoms with Crippen molar-refractivity contribution in [2.24, 2.45) is 5.92 Å². The minimum absolute atomic E-state index is 0.0557. The van der Waals surface area contributed by atoms with Crippen LogP contribution in [0, 0.1) is 5.92 Å². The van der Waals surface area contributed by atoms with Gasteiger partial charge in [0.25, 0.3) is 23.6 Å². The number of carbonyl (C=O) groups is 5. The molecule has 0 spiro atoms. The lowest BCUT2D eigenvalue weighted by Gasteiger charge is -2.33. The number of amides is 5. The van der Waals surface area contributed by atoms with Crippen molar-refractivity contribution in [1.82, 2.24) is 14.9 Å². The molecule has 9 nitrogen and oxygen atoms in total. The number of imide groups is 2. The summed E-state index contributed by atoms with van der Waals surface area (Å²) in [4.78, 5) is 65.5. The smallest absolute Gasteiger partial charge is 0.311 e. The molecular formula is C15H17N3O6. The molecule has 128 valence electrons. The molecule has 5 amide bonds. The second kappa shape index (κ2) is 6.42. The van der Waals surface area contributed by atoms with Gasteiger partial charge in [-0.25, -0.2) is 4.79 Å². The molecule has 0 N–H and O–H groups in total. The molecule has 0 aromatic carbocycles. The topological polar surface area (TPSA) is 104 Å². The van der Waals surface area contributed by atoms with Gasteiger partial charge in [0.1, 0.15) is 0 Å². The molecule has 3 aliphatic rings. The van der Waals surface area contributed by atoms with Crippen LogP contribution in [0.1, 0.15) is 25.7 Å². The van der Waals surface area contributed by atoms with E-state index in [9.17, 15) is 24.0 Å². The monoisotopic (exact) mass is 335 g/mol. The zero-order valence-corrected chi connectivity index (χ0v) is 13.0. The molecule has 0 aromatic heterocycles. The SMILES string of the molecule is O=C(ON1C(=O)CCC1=O)N1CCC(CN2C(=O)C=CC2=O)CC1. The second-order valence-corrected chi connectivity index (χ2v) is 5.99. The summed E-state index contributed by atoms with van der Waals surface area (Å²) in [7, 11) is 0. The van der Waals surface area contributed by atoms with Gasteiger partial charge in [0.15, 0.2) is 0 Å². The van der Waals surface area contributed by atoms with Crippen molar-refractivity contribution in [2.75, 3.05) is 19.6 Å². The van der Waals surface area contributed by atoms with E-state index in [1.807, 2.05) is 0 Å². The quantitative estimate of drug-likeness (QED) is 0.663. The van der Waals surface area contributed by atoms with Crippen molar-refractivity contribution in [3.63, 3.8) is 0 Å². The summed E-state index contributed by atoms with van der Waals surface area (Å²) in [6, 6.07) is 0. The van der Waals surface area contributed by atoms with Crippen molar-refractivity contribution in [3.05, 3.63) is 12.2 Å². The van der Waals surface area contributed by atoms with Crippen LogP contribution in [-0.4, -0.2) is 64.2 Å². The third-order valence-electron chi connectivity index (χ3n) is 4.39. The molecule has 0 atom stereocenters. The molecule has 2 fully saturated rings. The molecule has 3 rings (SSSR count). The fourth-order valence-corrected chi connectivity index (χ4v) is 2.96. The Morgan fingerprint density at radius 2 is 1.54 bits per heavy atom. The van der Waals surface area contributed by atoms with Gasteiger partial charge in [-0.05, 0) is 18.8 Å². The summed E-state index contributed by atoms with van der Waals surface area (Å²) in [5.41, 5.74) is 0. The molecule has 9 heteroatoms. The Bertz CT molecular complexity index is 601. The number of hydrogen-bond acceptors (Lipinski definition) is 6. The van der Waals surface area contributed by atoms with E-state index in [2.05, 4.69) is 0 Å². The van der Waals surface area contributed by atoms with Gasteiger partial charge in [0.05, 0.1) is 0 Å². The van der Waals surface area contributed by atoms with E-state index in [1.165, 1.54) is 22.0 Å². The minimum Gasteiger partial charge on any atom is -0.311 e. The van der Waals surface area contributed by atoms with Crippen molar-refractivity contribution in [2.45, 2.75) is 25.7 Å². The maximum absolute atomic E-state index is 12.0. The van der Waals surface area contributed by atoms with E-state index < -0.39 is 17.9 Å². The van der Waals surface area contributed by atoms with Crippen molar-refractivity contribution in [1.29, 1.82) is 0 Å². The average Bonchev–Trinajstić information content (AvgIpc) is 3.05. The molecule has 0 aliphatic carbocycles. The highest BCUT2D eigenvalue weighted by Crippen LogP contribution is 2.21. The average molecular weight is 335 g/mol. The van der Waals surface area contributed by atoms with Gasteiger partial charge < -0.3 is 9.74 Å². The van der Waals surface area contributed by atoms with Crippen LogP contribution in [-0.2, 0) is 24.0 Å². The lowest BCUT2D eigenvalue weighted by Crippen LogP contribution is -2.45. The molecule has 0 unspecified atom stereocenters. The molecular weight excluding hydrogens is 318 g/mol. The van der Waals surface area contributed by atoms with Gasteiger partial charge >= 0.3 is 6.09 Å². The van der Waals surface area contributed by atoms with Gasteiger partial charge in [-0.15, -0.1) is 5.06 Å². The van der Waals surface area contributed by atoms with E-state index in [-0.39, 0.29) is 30.6 Å². The minimum atomic E-state index is -0.730. The Kier molecular flexibility index (Phi) is 4.32. The number of nitrogens with zero attached hydrogens (tertiary/aromatic N) is 3. The molecule has 3 heterocycles. The number of hydrogen-bond donors (Lipinski definition) is 0. The summed E-state index contributed by atoms with van der Waals surface area (Å²) >= 11 is 0. The zero-order valence-electron chi connectivity index (χ0n) is 13.0. The van der Waals surface area contributed by atoms with Crippen LogP contribution in [0.25, 0.3) is 0 Å². The standard InChI is InChI=1S/C15H17N3O6/c19-11-1-2-12(20)17(11)9-10-5-7-16(8-6-10)15(23)24-18-13(21)3-4-14(18)22/h1-2,10H,3-9H2. The van der Waals surface area contributed by atoms with Crippen LogP contribution in [0.2, 0.25) is 0 Å².